The Morgan fingerprint density at radius 1 is 1.45 bits per heavy atom. The predicted octanol–water partition coefficient (Wildman–Crippen LogP) is 2.40. The molecule has 1 aromatic carbocycles. The first kappa shape index (κ1) is 13.8. The third kappa shape index (κ3) is 2.79. The second kappa shape index (κ2) is 5.66. The van der Waals surface area contributed by atoms with Gasteiger partial charge in [-0.25, -0.2) is 0 Å². The Labute approximate surface area is 123 Å². The Hall–Kier alpha value is -1.20. The minimum Gasteiger partial charge on any atom is -0.489 e. The van der Waals surface area contributed by atoms with E-state index in [9.17, 15) is 0 Å². The number of nitrogen functional groups attached to an aromatic ring is 1. The molecule has 2 heterocycles. The zero-order chi connectivity index (χ0) is 14.0. The number of para-hydroxylation sites is 1. The fourth-order valence-corrected chi connectivity index (χ4v) is 4.30. The van der Waals surface area contributed by atoms with E-state index < -0.39 is 0 Å². The van der Waals surface area contributed by atoms with Crippen LogP contribution in [0.4, 0.5) is 0 Å². The van der Waals surface area contributed by atoms with Gasteiger partial charge in [-0.15, -0.1) is 0 Å². The quantitative estimate of drug-likeness (QED) is 0.663. The summed E-state index contributed by atoms with van der Waals surface area (Å²) < 4.78 is 12.1. The van der Waals surface area contributed by atoms with Crippen LogP contribution in [0.2, 0.25) is 0 Å². The maximum Gasteiger partial charge on any atom is 0.130 e. The van der Waals surface area contributed by atoms with Crippen LogP contribution in [0.25, 0.3) is 0 Å². The number of thioether (sulfide) groups is 1. The topological polar surface area (TPSA) is 68.3 Å². The van der Waals surface area contributed by atoms with Crippen LogP contribution >= 0.6 is 11.8 Å². The number of rotatable bonds is 3. The van der Waals surface area contributed by atoms with Crippen molar-refractivity contribution in [2.75, 3.05) is 18.1 Å². The van der Waals surface area contributed by atoms with Crippen molar-refractivity contribution in [1.82, 2.24) is 0 Å². The molecule has 2 aliphatic rings. The summed E-state index contributed by atoms with van der Waals surface area (Å²) in [6, 6.07) is 7.52. The molecule has 2 unspecified atom stereocenters. The van der Waals surface area contributed by atoms with E-state index >= 15 is 0 Å². The fourth-order valence-electron chi connectivity index (χ4n) is 2.92. The highest BCUT2D eigenvalue weighted by Crippen LogP contribution is 2.39. The minimum atomic E-state index is 0.0126. The molecule has 5 heteroatoms. The average molecular weight is 292 g/mol. The van der Waals surface area contributed by atoms with Gasteiger partial charge in [0.05, 0.1) is 17.8 Å². The largest absolute Gasteiger partial charge is 0.489 e. The first-order valence-electron chi connectivity index (χ1n) is 7.00. The molecule has 20 heavy (non-hydrogen) atoms. The molecule has 0 aromatic heterocycles. The molecule has 4 nitrogen and oxygen atoms in total. The summed E-state index contributed by atoms with van der Waals surface area (Å²) in [6.07, 6.45) is 3.11. The molecule has 108 valence electrons. The summed E-state index contributed by atoms with van der Waals surface area (Å²) in [4.78, 5) is 0. The molecule has 0 amide bonds. The summed E-state index contributed by atoms with van der Waals surface area (Å²) in [5, 5.41) is 7.62. The van der Waals surface area contributed by atoms with Gasteiger partial charge in [0.15, 0.2) is 0 Å². The predicted molar refractivity (Wildman–Crippen MR) is 81.7 cm³/mol. The van der Waals surface area contributed by atoms with Crippen molar-refractivity contribution < 1.29 is 9.47 Å². The van der Waals surface area contributed by atoms with E-state index in [0.29, 0.717) is 11.3 Å². The number of hydrogen-bond donors (Lipinski definition) is 2. The summed E-state index contributed by atoms with van der Waals surface area (Å²) in [5.41, 5.74) is 6.30. The van der Waals surface area contributed by atoms with Gasteiger partial charge in [-0.3, -0.25) is 5.41 Å². The maximum atomic E-state index is 7.62. The van der Waals surface area contributed by atoms with Crippen molar-refractivity contribution in [2.45, 2.75) is 31.0 Å². The first-order valence-corrected chi connectivity index (χ1v) is 8.16. The summed E-state index contributed by atoms with van der Waals surface area (Å²) in [5.74, 6) is 3.02. The Bertz CT molecular complexity index is 500. The highest BCUT2D eigenvalue weighted by Gasteiger charge is 2.41. The van der Waals surface area contributed by atoms with Crippen molar-refractivity contribution in [3.05, 3.63) is 29.8 Å². The molecule has 1 aromatic rings. The number of nitrogens with one attached hydrogen (secondary N) is 1. The molecule has 2 saturated heterocycles. The Morgan fingerprint density at radius 2 is 2.30 bits per heavy atom. The lowest BCUT2D eigenvalue weighted by atomic mass is 9.91. The highest BCUT2D eigenvalue weighted by molar-refractivity contribution is 7.99. The van der Waals surface area contributed by atoms with Gasteiger partial charge in [0.25, 0.3) is 0 Å². The molecule has 3 N–H and O–H groups in total. The van der Waals surface area contributed by atoms with Gasteiger partial charge in [0, 0.05) is 18.6 Å². The van der Waals surface area contributed by atoms with Gasteiger partial charge in [0.1, 0.15) is 17.7 Å². The molecule has 2 atom stereocenters. The summed E-state index contributed by atoms with van der Waals surface area (Å²) >= 11 is 1.96. The SMILES string of the molecule is N=C(N)c1ccccc1OC1CCOC2(CCSC2)C1. The van der Waals surface area contributed by atoms with Crippen molar-refractivity contribution in [3.63, 3.8) is 0 Å². The second-order valence-electron chi connectivity index (χ2n) is 5.48. The van der Waals surface area contributed by atoms with Gasteiger partial charge < -0.3 is 15.2 Å². The first-order chi connectivity index (χ1) is 9.69. The highest BCUT2D eigenvalue weighted by atomic mass is 32.2. The Morgan fingerprint density at radius 3 is 3.05 bits per heavy atom. The van der Waals surface area contributed by atoms with Crippen molar-refractivity contribution >= 4 is 17.6 Å². The fraction of sp³-hybridized carbons (Fsp3) is 0.533. The summed E-state index contributed by atoms with van der Waals surface area (Å²) in [6.45, 7) is 0.757. The lowest BCUT2D eigenvalue weighted by Gasteiger charge is -2.37. The van der Waals surface area contributed by atoms with E-state index in [1.165, 1.54) is 5.75 Å². The zero-order valence-corrected chi connectivity index (χ0v) is 12.2. The molecule has 0 bridgehead atoms. The van der Waals surface area contributed by atoms with E-state index in [1.54, 1.807) is 0 Å². The minimum absolute atomic E-state index is 0.0126. The van der Waals surface area contributed by atoms with E-state index in [4.69, 9.17) is 20.6 Å². The standard InChI is InChI=1S/C15H20N2O2S/c16-14(17)12-3-1-2-4-13(12)19-11-5-7-18-15(9-11)6-8-20-10-15/h1-4,11H,5-10H2,(H3,16,17). The molecule has 2 fully saturated rings. The lowest BCUT2D eigenvalue weighted by molar-refractivity contribution is -0.0959. The number of amidine groups is 1. The van der Waals surface area contributed by atoms with E-state index in [1.807, 2.05) is 36.0 Å². The molecule has 0 aliphatic carbocycles. The zero-order valence-electron chi connectivity index (χ0n) is 11.4. The normalized spacial score (nSPS) is 29.5. The van der Waals surface area contributed by atoms with Crippen molar-refractivity contribution in [1.29, 1.82) is 5.41 Å². The number of nitrogens with two attached hydrogens (primary N) is 1. The molecule has 0 saturated carbocycles. The summed E-state index contributed by atoms with van der Waals surface area (Å²) in [7, 11) is 0. The molecular formula is C15H20N2O2S. The van der Waals surface area contributed by atoms with Gasteiger partial charge in [-0.05, 0) is 24.3 Å². The van der Waals surface area contributed by atoms with Gasteiger partial charge >= 0.3 is 0 Å². The molecular weight excluding hydrogens is 272 g/mol. The van der Waals surface area contributed by atoms with Crippen LogP contribution in [0.3, 0.4) is 0 Å². The third-order valence-corrected chi connectivity index (χ3v) is 5.21. The van der Waals surface area contributed by atoms with Crippen LogP contribution < -0.4 is 10.5 Å². The van der Waals surface area contributed by atoms with E-state index in [-0.39, 0.29) is 17.5 Å². The maximum absolute atomic E-state index is 7.62. The Kier molecular flexibility index (Phi) is 3.89. The molecule has 0 radical (unpaired) electrons. The number of ether oxygens (including phenoxy) is 2. The van der Waals surface area contributed by atoms with Crippen LogP contribution in [0.15, 0.2) is 24.3 Å². The van der Waals surface area contributed by atoms with Crippen LogP contribution in [0, 0.1) is 5.41 Å². The second-order valence-corrected chi connectivity index (χ2v) is 6.58. The number of benzene rings is 1. The Balaban J connectivity index is 1.73. The van der Waals surface area contributed by atoms with Gasteiger partial charge in [-0.2, -0.15) is 11.8 Å². The molecule has 3 rings (SSSR count). The van der Waals surface area contributed by atoms with Crippen LogP contribution in [0.1, 0.15) is 24.8 Å². The van der Waals surface area contributed by atoms with Crippen LogP contribution in [0.5, 0.6) is 5.75 Å². The van der Waals surface area contributed by atoms with Gasteiger partial charge in [-0.1, -0.05) is 12.1 Å². The van der Waals surface area contributed by atoms with Gasteiger partial charge in [0.2, 0.25) is 0 Å². The number of hydrogen-bond acceptors (Lipinski definition) is 4. The average Bonchev–Trinajstić information content (AvgIpc) is 2.87. The molecule has 2 aliphatic heterocycles. The lowest BCUT2D eigenvalue weighted by Crippen LogP contribution is -2.44. The third-order valence-electron chi connectivity index (χ3n) is 3.99. The monoisotopic (exact) mass is 292 g/mol. The van der Waals surface area contributed by atoms with E-state index in [0.717, 1.165) is 31.6 Å². The van der Waals surface area contributed by atoms with Crippen LogP contribution in [-0.2, 0) is 4.74 Å². The smallest absolute Gasteiger partial charge is 0.130 e. The van der Waals surface area contributed by atoms with Crippen molar-refractivity contribution in [2.24, 2.45) is 5.73 Å². The van der Waals surface area contributed by atoms with Crippen molar-refractivity contribution in [3.8, 4) is 5.75 Å². The molecule has 1 spiro atoms. The van der Waals surface area contributed by atoms with Crippen LogP contribution in [-0.4, -0.2) is 35.7 Å². The van der Waals surface area contributed by atoms with E-state index in [2.05, 4.69) is 0 Å².